The molecule has 0 radical (unpaired) electrons. The van der Waals surface area contributed by atoms with E-state index in [0.29, 0.717) is 5.56 Å². The largest absolute Gasteiger partial charge is 0.411 e. The van der Waals surface area contributed by atoms with Gasteiger partial charge in [0.25, 0.3) is 5.91 Å². The lowest BCUT2D eigenvalue weighted by molar-refractivity contribution is -0.130. The molecule has 1 heterocycles. The van der Waals surface area contributed by atoms with Gasteiger partial charge >= 0.3 is 0 Å². The van der Waals surface area contributed by atoms with Gasteiger partial charge in [-0.3, -0.25) is 14.9 Å². The van der Waals surface area contributed by atoms with Crippen LogP contribution in [-0.2, 0) is 9.59 Å². The first-order chi connectivity index (χ1) is 9.02. The van der Waals surface area contributed by atoms with Gasteiger partial charge in [0, 0.05) is 5.56 Å². The SMILES string of the molecule is Cc1ccc(/C(=N/O)C2C=C(F)C(=O)NC2=O)cc1. The lowest BCUT2D eigenvalue weighted by Crippen LogP contribution is -2.42. The monoisotopic (exact) mass is 262 g/mol. The van der Waals surface area contributed by atoms with Gasteiger partial charge in [0.05, 0.1) is 0 Å². The maximum absolute atomic E-state index is 13.2. The van der Waals surface area contributed by atoms with Crippen molar-refractivity contribution in [2.24, 2.45) is 11.1 Å². The predicted molar refractivity (Wildman–Crippen MR) is 65.3 cm³/mol. The van der Waals surface area contributed by atoms with Gasteiger partial charge in [0.2, 0.25) is 5.91 Å². The number of imide groups is 1. The van der Waals surface area contributed by atoms with Crippen molar-refractivity contribution in [2.75, 3.05) is 0 Å². The van der Waals surface area contributed by atoms with Gasteiger partial charge in [0.1, 0.15) is 11.6 Å². The van der Waals surface area contributed by atoms with Crippen molar-refractivity contribution in [3.8, 4) is 0 Å². The predicted octanol–water partition coefficient (Wildman–Crippen LogP) is 1.30. The fraction of sp³-hybridized carbons (Fsp3) is 0.154. The van der Waals surface area contributed by atoms with E-state index in [1.807, 2.05) is 12.2 Å². The van der Waals surface area contributed by atoms with E-state index in [4.69, 9.17) is 5.21 Å². The molecule has 5 nitrogen and oxygen atoms in total. The molecular formula is C13H11FN2O3. The van der Waals surface area contributed by atoms with Crippen molar-refractivity contribution in [1.82, 2.24) is 5.32 Å². The van der Waals surface area contributed by atoms with Crippen LogP contribution in [0.3, 0.4) is 0 Å². The van der Waals surface area contributed by atoms with Crippen LogP contribution in [0.5, 0.6) is 0 Å². The first kappa shape index (κ1) is 12.9. The number of hydrogen-bond donors (Lipinski definition) is 2. The van der Waals surface area contributed by atoms with Crippen molar-refractivity contribution in [2.45, 2.75) is 6.92 Å². The summed E-state index contributed by atoms with van der Waals surface area (Å²) in [5.41, 5.74) is 1.46. The van der Waals surface area contributed by atoms with E-state index in [9.17, 15) is 14.0 Å². The second kappa shape index (κ2) is 5.01. The Labute approximate surface area is 108 Å². The second-order valence-electron chi connectivity index (χ2n) is 4.16. The van der Waals surface area contributed by atoms with Gasteiger partial charge in [-0.2, -0.15) is 0 Å². The molecule has 0 bridgehead atoms. The number of halogens is 1. The Morgan fingerprint density at radius 3 is 2.53 bits per heavy atom. The number of rotatable bonds is 2. The minimum atomic E-state index is -1.13. The molecule has 1 atom stereocenters. The molecule has 1 aliphatic heterocycles. The summed E-state index contributed by atoms with van der Waals surface area (Å²) in [6.07, 6.45) is 0.843. The van der Waals surface area contributed by atoms with Crippen LogP contribution >= 0.6 is 0 Å². The molecule has 19 heavy (non-hydrogen) atoms. The van der Waals surface area contributed by atoms with Crippen molar-refractivity contribution < 1.29 is 19.2 Å². The molecule has 0 spiro atoms. The van der Waals surface area contributed by atoms with Crippen LogP contribution in [0.25, 0.3) is 0 Å². The van der Waals surface area contributed by atoms with Crippen LogP contribution in [-0.4, -0.2) is 22.7 Å². The number of oxime groups is 1. The molecule has 2 N–H and O–H groups in total. The summed E-state index contributed by atoms with van der Waals surface area (Å²) in [5, 5.41) is 14.0. The number of amides is 2. The Kier molecular flexibility index (Phi) is 3.41. The fourth-order valence-electron chi connectivity index (χ4n) is 1.77. The molecule has 2 amide bonds. The third-order valence-corrected chi connectivity index (χ3v) is 2.80. The summed E-state index contributed by atoms with van der Waals surface area (Å²) in [7, 11) is 0. The minimum absolute atomic E-state index is 0.0137. The van der Waals surface area contributed by atoms with Crippen molar-refractivity contribution in [3.05, 3.63) is 47.3 Å². The van der Waals surface area contributed by atoms with Crippen LogP contribution in [0.4, 0.5) is 4.39 Å². The van der Waals surface area contributed by atoms with Crippen molar-refractivity contribution in [3.63, 3.8) is 0 Å². The molecule has 0 aromatic heterocycles. The van der Waals surface area contributed by atoms with Gasteiger partial charge in [-0.05, 0) is 13.0 Å². The normalized spacial score (nSPS) is 20.0. The zero-order chi connectivity index (χ0) is 14.0. The summed E-state index contributed by atoms with van der Waals surface area (Å²) in [6.45, 7) is 1.88. The Bertz CT molecular complexity index is 590. The molecule has 0 saturated carbocycles. The smallest absolute Gasteiger partial charge is 0.286 e. The number of nitrogens with one attached hydrogen (secondary N) is 1. The summed E-state index contributed by atoms with van der Waals surface area (Å²) in [5.74, 6) is -4.01. The zero-order valence-electron chi connectivity index (χ0n) is 10.1. The highest BCUT2D eigenvalue weighted by Gasteiger charge is 2.32. The van der Waals surface area contributed by atoms with Crippen LogP contribution in [0.15, 0.2) is 41.3 Å². The summed E-state index contributed by atoms with van der Waals surface area (Å²) in [4.78, 5) is 22.6. The fourth-order valence-corrected chi connectivity index (χ4v) is 1.77. The highest BCUT2D eigenvalue weighted by Crippen LogP contribution is 2.18. The van der Waals surface area contributed by atoms with E-state index in [-0.39, 0.29) is 5.71 Å². The highest BCUT2D eigenvalue weighted by molar-refractivity contribution is 6.20. The first-order valence-electron chi connectivity index (χ1n) is 5.54. The summed E-state index contributed by atoms with van der Waals surface area (Å²) >= 11 is 0. The third-order valence-electron chi connectivity index (χ3n) is 2.80. The maximum Gasteiger partial charge on any atom is 0.286 e. The van der Waals surface area contributed by atoms with Gasteiger partial charge in [0.15, 0.2) is 5.83 Å². The molecule has 98 valence electrons. The lowest BCUT2D eigenvalue weighted by atomic mass is 9.93. The molecule has 1 unspecified atom stereocenters. The van der Waals surface area contributed by atoms with Gasteiger partial charge in [-0.1, -0.05) is 35.0 Å². The van der Waals surface area contributed by atoms with Crippen molar-refractivity contribution in [1.29, 1.82) is 0 Å². The lowest BCUT2D eigenvalue weighted by Gasteiger charge is -2.18. The van der Waals surface area contributed by atoms with E-state index in [0.717, 1.165) is 11.6 Å². The topological polar surface area (TPSA) is 78.8 Å². The van der Waals surface area contributed by atoms with E-state index in [2.05, 4.69) is 5.16 Å². The molecule has 2 rings (SSSR count). The minimum Gasteiger partial charge on any atom is -0.411 e. The average molecular weight is 262 g/mol. The number of aryl methyl sites for hydroxylation is 1. The maximum atomic E-state index is 13.2. The van der Waals surface area contributed by atoms with Gasteiger partial charge in [-0.15, -0.1) is 0 Å². The molecule has 0 fully saturated rings. The van der Waals surface area contributed by atoms with Gasteiger partial charge < -0.3 is 5.21 Å². The van der Waals surface area contributed by atoms with Crippen LogP contribution in [0.2, 0.25) is 0 Å². The zero-order valence-corrected chi connectivity index (χ0v) is 10.1. The number of benzene rings is 1. The Hall–Kier alpha value is -2.50. The first-order valence-corrected chi connectivity index (χ1v) is 5.54. The molecule has 1 aliphatic rings. The number of hydrogen-bond acceptors (Lipinski definition) is 4. The molecule has 0 aliphatic carbocycles. The highest BCUT2D eigenvalue weighted by atomic mass is 19.1. The average Bonchev–Trinajstić information content (AvgIpc) is 2.38. The quantitative estimate of drug-likeness (QED) is 0.365. The summed E-state index contributed by atoms with van der Waals surface area (Å²) < 4.78 is 13.2. The molecule has 6 heteroatoms. The van der Waals surface area contributed by atoms with Crippen LogP contribution in [0.1, 0.15) is 11.1 Å². The Morgan fingerprint density at radius 1 is 1.32 bits per heavy atom. The third kappa shape index (κ3) is 2.52. The van der Waals surface area contributed by atoms with E-state index in [1.165, 1.54) is 0 Å². The molecule has 1 aromatic carbocycles. The molecule has 1 aromatic rings. The Morgan fingerprint density at radius 2 is 1.95 bits per heavy atom. The van der Waals surface area contributed by atoms with E-state index < -0.39 is 23.6 Å². The van der Waals surface area contributed by atoms with Gasteiger partial charge in [-0.25, -0.2) is 4.39 Å². The second-order valence-corrected chi connectivity index (χ2v) is 4.16. The summed E-state index contributed by atoms with van der Waals surface area (Å²) in [6, 6.07) is 6.85. The standard InChI is InChI=1S/C13H11FN2O3/c1-7-2-4-8(5-3-7)11(16-19)9-6-10(14)13(18)15-12(9)17/h2-6,9,19H,1H3,(H,15,17,18)/b16-11-. The molecule has 0 saturated heterocycles. The van der Waals surface area contributed by atoms with Crippen molar-refractivity contribution >= 4 is 17.5 Å². The number of nitrogens with zero attached hydrogens (tertiary/aromatic N) is 1. The van der Waals surface area contributed by atoms with E-state index >= 15 is 0 Å². The number of carbonyl (C=O) groups is 2. The Balaban J connectivity index is 2.41. The number of carbonyl (C=O) groups excluding carboxylic acids is 2. The van der Waals surface area contributed by atoms with Crippen LogP contribution < -0.4 is 5.32 Å². The van der Waals surface area contributed by atoms with E-state index in [1.54, 1.807) is 24.3 Å². The molecular weight excluding hydrogens is 251 g/mol. The van der Waals surface area contributed by atoms with Crippen LogP contribution in [0, 0.1) is 12.8 Å².